The zero-order valence-electron chi connectivity index (χ0n) is 18.1. The van der Waals surface area contributed by atoms with Crippen molar-refractivity contribution in [1.29, 1.82) is 0 Å². The third kappa shape index (κ3) is 3.53. The summed E-state index contributed by atoms with van der Waals surface area (Å²) in [5.74, 6) is 0.392. The second-order valence-corrected chi connectivity index (χ2v) is 9.27. The van der Waals surface area contributed by atoms with Gasteiger partial charge < -0.3 is 9.80 Å². The van der Waals surface area contributed by atoms with Gasteiger partial charge in [-0.3, -0.25) is 9.48 Å². The van der Waals surface area contributed by atoms with Crippen LogP contribution in [0.15, 0.2) is 24.3 Å². The van der Waals surface area contributed by atoms with Gasteiger partial charge in [-0.1, -0.05) is 6.07 Å². The third-order valence-electron chi connectivity index (χ3n) is 6.87. The van der Waals surface area contributed by atoms with Gasteiger partial charge in [-0.25, -0.2) is 4.39 Å². The van der Waals surface area contributed by atoms with E-state index in [1.165, 1.54) is 6.07 Å². The van der Waals surface area contributed by atoms with Gasteiger partial charge in [0.2, 0.25) is 5.91 Å². The molecular weight excluding hydrogens is 367 g/mol. The second-order valence-electron chi connectivity index (χ2n) is 9.27. The summed E-state index contributed by atoms with van der Waals surface area (Å²) in [7, 11) is 1.92. The van der Waals surface area contributed by atoms with Gasteiger partial charge >= 0.3 is 0 Å². The molecule has 2 aromatic rings. The highest BCUT2D eigenvalue weighted by molar-refractivity contribution is 5.79. The first-order valence-corrected chi connectivity index (χ1v) is 10.5. The highest BCUT2D eigenvalue weighted by Crippen LogP contribution is 2.44. The van der Waals surface area contributed by atoms with Crippen LogP contribution in [-0.2, 0) is 18.3 Å². The topological polar surface area (TPSA) is 41.4 Å². The van der Waals surface area contributed by atoms with Crippen molar-refractivity contribution >= 4 is 11.6 Å². The molecule has 0 bridgehead atoms. The molecule has 6 heteroatoms. The van der Waals surface area contributed by atoms with Crippen LogP contribution >= 0.6 is 0 Å². The number of hydrogen-bond donors (Lipinski definition) is 0. The number of piperidine rings is 1. The van der Waals surface area contributed by atoms with Gasteiger partial charge in [0.25, 0.3) is 0 Å². The minimum Gasteiger partial charge on any atom is -0.363 e. The monoisotopic (exact) mass is 398 g/mol. The SMILES string of the molecule is Cc1nn(C)c(C)c1CC(=O)N1CC[C@H]2[C@@H](C1)CC(C)(C)N2c1cccc(F)c1. The number of rotatable bonds is 3. The van der Waals surface area contributed by atoms with Gasteiger partial charge in [-0.15, -0.1) is 0 Å². The number of aryl methyl sites for hydroxylation is 2. The summed E-state index contributed by atoms with van der Waals surface area (Å²) in [5, 5.41) is 4.44. The molecule has 2 fully saturated rings. The summed E-state index contributed by atoms with van der Waals surface area (Å²) < 4.78 is 15.7. The number of fused-ring (bicyclic) bond motifs is 1. The van der Waals surface area contributed by atoms with E-state index in [-0.39, 0.29) is 17.3 Å². The summed E-state index contributed by atoms with van der Waals surface area (Å²) in [6, 6.07) is 7.26. The molecule has 0 saturated carbocycles. The van der Waals surface area contributed by atoms with E-state index in [2.05, 4.69) is 23.8 Å². The van der Waals surface area contributed by atoms with E-state index >= 15 is 0 Å². The highest BCUT2D eigenvalue weighted by atomic mass is 19.1. The van der Waals surface area contributed by atoms with Crippen LogP contribution in [0.1, 0.15) is 43.6 Å². The molecule has 0 unspecified atom stereocenters. The molecule has 1 aromatic carbocycles. The number of carbonyl (C=O) groups excluding carboxylic acids is 1. The maximum Gasteiger partial charge on any atom is 0.227 e. The fourth-order valence-corrected chi connectivity index (χ4v) is 5.48. The first kappa shape index (κ1) is 19.9. The molecule has 2 aliphatic heterocycles. The summed E-state index contributed by atoms with van der Waals surface area (Å²) in [6.45, 7) is 9.97. The zero-order valence-corrected chi connectivity index (χ0v) is 18.1. The molecule has 0 radical (unpaired) electrons. The molecule has 29 heavy (non-hydrogen) atoms. The highest BCUT2D eigenvalue weighted by Gasteiger charge is 2.48. The van der Waals surface area contributed by atoms with Gasteiger partial charge in [-0.2, -0.15) is 5.10 Å². The van der Waals surface area contributed by atoms with Crippen molar-refractivity contribution in [3.05, 3.63) is 47.0 Å². The predicted molar refractivity (Wildman–Crippen MR) is 112 cm³/mol. The van der Waals surface area contributed by atoms with Crippen molar-refractivity contribution in [2.24, 2.45) is 13.0 Å². The number of aromatic nitrogens is 2. The van der Waals surface area contributed by atoms with E-state index in [1.807, 2.05) is 36.5 Å². The second kappa shape index (κ2) is 7.15. The number of nitrogens with zero attached hydrogens (tertiary/aromatic N) is 4. The van der Waals surface area contributed by atoms with Gasteiger partial charge in [0.15, 0.2) is 0 Å². The van der Waals surface area contributed by atoms with Gasteiger partial charge in [0, 0.05) is 48.7 Å². The van der Waals surface area contributed by atoms with E-state index in [0.29, 0.717) is 18.4 Å². The van der Waals surface area contributed by atoms with Crippen molar-refractivity contribution < 1.29 is 9.18 Å². The molecule has 156 valence electrons. The van der Waals surface area contributed by atoms with E-state index in [1.54, 1.807) is 12.1 Å². The van der Waals surface area contributed by atoms with Crippen LogP contribution in [0.25, 0.3) is 0 Å². The normalized spacial score (nSPS) is 23.4. The average molecular weight is 399 g/mol. The molecule has 2 atom stereocenters. The molecule has 4 rings (SSSR count). The number of halogens is 1. The average Bonchev–Trinajstić information content (AvgIpc) is 3.06. The fourth-order valence-electron chi connectivity index (χ4n) is 5.48. The van der Waals surface area contributed by atoms with Crippen LogP contribution in [0.2, 0.25) is 0 Å². The maximum atomic E-state index is 13.9. The van der Waals surface area contributed by atoms with Crippen molar-refractivity contribution in [1.82, 2.24) is 14.7 Å². The van der Waals surface area contributed by atoms with E-state index < -0.39 is 0 Å². The van der Waals surface area contributed by atoms with E-state index in [4.69, 9.17) is 0 Å². The van der Waals surface area contributed by atoms with Gasteiger partial charge in [0.1, 0.15) is 5.82 Å². The molecule has 2 saturated heterocycles. The smallest absolute Gasteiger partial charge is 0.227 e. The zero-order chi connectivity index (χ0) is 20.9. The van der Waals surface area contributed by atoms with Crippen molar-refractivity contribution in [3.8, 4) is 0 Å². The molecule has 0 spiro atoms. The minimum absolute atomic E-state index is 0.0568. The van der Waals surface area contributed by atoms with Crippen LogP contribution in [0.3, 0.4) is 0 Å². The molecule has 0 aliphatic carbocycles. The molecular formula is C23H31FN4O. The Morgan fingerprint density at radius 1 is 1.31 bits per heavy atom. The first-order valence-electron chi connectivity index (χ1n) is 10.5. The Bertz CT molecular complexity index is 935. The Morgan fingerprint density at radius 3 is 2.72 bits per heavy atom. The Balaban J connectivity index is 1.50. The molecule has 3 heterocycles. The lowest BCUT2D eigenvalue weighted by atomic mass is 9.89. The number of hydrogen-bond acceptors (Lipinski definition) is 3. The lowest BCUT2D eigenvalue weighted by Crippen LogP contribution is -2.50. The predicted octanol–water partition coefficient (Wildman–Crippen LogP) is 3.62. The molecule has 0 N–H and O–H groups in total. The summed E-state index contributed by atoms with van der Waals surface area (Å²) in [5.41, 5.74) is 3.94. The van der Waals surface area contributed by atoms with E-state index in [9.17, 15) is 9.18 Å². The van der Waals surface area contributed by atoms with Crippen LogP contribution in [0, 0.1) is 25.6 Å². The standard InChI is InChI=1S/C23H31FN4O/c1-15-20(16(2)26(5)25-15)12-22(29)27-10-9-21-17(14-27)13-23(3,4)28(21)19-8-6-7-18(24)11-19/h6-8,11,17,21H,9-10,12-14H2,1-5H3/t17-,21+/m1/s1. The van der Waals surface area contributed by atoms with Gasteiger partial charge in [-0.05, 0) is 64.7 Å². The Hall–Kier alpha value is -2.37. The lowest BCUT2D eigenvalue weighted by molar-refractivity contribution is -0.132. The number of amides is 1. The van der Waals surface area contributed by atoms with Crippen LogP contribution in [0.4, 0.5) is 10.1 Å². The molecule has 5 nitrogen and oxygen atoms in total. The summed E-state index contributed by atoms with van der Waals surface area (Å²) in [4.78, 5) is 17.5. The molecule has 1 amide bonds. The largest absolute Gasteiger partial charge is 0.363 e. The van der Waals surface area contributed by atoms with Crippen LogP contribution in [-0.4, -0.2) is 45.3 Å². The number of carbonyl (C=O) groups is 1. The summed E-state index contributed by atoms with van der Waals surface area (Å²) in [6.07, 6.45) is 2.34. The number of anilines is 1. The molecule has 1 aromatic heterocycles. The Labute approximate surface area is 172 Å². The molecule has 2 aliphatic rings. The van der Waals surface area contributed by atoms with Crippen LogP contribution < -0.4 is 4.90 Å². The first-order chi connectivity index (χ1) is 13.7. The van der Waals surface area contributed by atoms with Gasteiger partial charge in [0.05, 0.1) is 12.1 Å². The lowest BCUT2D eigenvalue weighted by Gasteiger charge is -2.42. The summed E-state index contributed by atoms with van der Waals surface area (Å²) >= 11 is 0. The Morgan fingerprint density at radius 2 is 2.07 bits per heavy atom. The van der Waals surface area contributed by atoms with Crippen LogP contribution in [0.5, 0.6) is 0 Å². The fraction of sp³-hybridized carbons (Fsp3) is 0.565. The quantitative estimate of drug-likeness (QED) is 0.793. The third-order valence-corrected chi connectivity index (χ3v) is 6.87. The minimum atomic E-state index is -0.198. The number of benzene rings is 1. The Kier molecular flexibility index (Phi) is 4.91. The van der Waals surface area contributed by atoms with E-state index in [0.717, 1.165) is 48.6 Å². The number of likely N-dealkylation sites (tertiary alicyclic amines) is 1. The maximum absolute atomic E-state index is 13.9. The van der Waals surface area contributed by atoms with Crippen molar-refractivity contribution in [2.45, 2.75) is 58.5 Å². The van der Waals surface area contributed by atoms with Crippen molar-refractivity contribution in [3.63, 3.8) is 0 Å². The van der Waals surface area contributed by atoms with Crippen molar-refractivity contribution in [2.75, 3.05) is 18.0 Å².